The molecule has 0 aromatic heterocycles. The predicted molar refractivity (Wildman–Crippen MR) is 91.8 cm³/mol. The summed E-state index contributed by atoms with van der Waals surface area (Å²) in [4.78, 5) is 12.6. The summed E-state index contributed by atoms with van der Waals surface area (Å²) in [6, 6.07) is 12.3. The first-order valence-corrected chi connectivity index (χ1v) is 9.52. The molecule has 0 unspecified atom stereocenters. The molecular weight excluding hydrogens is 343 g/mol. The molecule has 1 amide bonds. The molecule has 0 bridgehead atoms. The molecule has 3 rings (SSSR count). The van der Waals surface area contributed by atoms with E-state index in [1.54, 1.807) is 24.3 Å². The van der Waals surface area contributed by atoms with Gasteiger partial charge < -0.3 is 5.32 Å². The molecule has 5 nitrogen and oxygen atoms in total. The summed E-state index contributed by atoms with van der Waals surface area (Å²) in [5.41, 5.74) is 1.20. The molecule has 3 N–H and O–H groups in total. The highest BCUT2D eigenvalue weighted by Crippen LogP contribution is 2.48. The van der Waals surface area contributed by atoms with Gasteiger partial charge in [0.25, 0.3) is 0 Å². The Morgan fingerprint density at radius 3 is 2.20 bits per heavy atom. The maximum atomic E-state index is 13.0. The van der Waals surface area contributed by atoms with E-state index >= 15 is 0 Å². The highest BCUT2D eigenvalue weighted by atomic mass is 32.2. The summed E-state index contributed by atoms with van der Waals surface area (Å²) in [5, 5.41) is 7.97. The van der Waals surface area contributed by atoms with Gasteiger partial charge in [0.15, 0.2) is 0 Å². The van der Waals surface area contributed by atoms with Crippen LogP contribution < -0.4 is 10.5 Å². The van der Waals surface area contributed by atoms with Crippen molar-refractivity contribution in [2.45, 2.75) is 29.6 Å². The van der Waals surface area contributed by atoms with Crippen LogP contribution >= 0.6 is 0 Å². The van der Waals surface area contributed by atoms with Crippen LogP contribution in [0.1, 0.15) is 24.0 Å². The van der Waals surface area contributed by atoms with Crippen LogP contribution in [0.15, 0.2) is 53.4 Å². The Balaban J connectivity index is 1.57. The van der Waals surface area contributed by atoms with Crippen molar-refractivity contribution in [3.8, 4) is 0 Å². The number of nitrogens with one attached hydrogen (secondary N) is 1. The van der Waals surface area contributed by atoms with Crippen molar-refractivity contribution in [3.63, 3.8) is 0 Å². The summed E-state index contributed by atoms with van der Waals surface area (Å²) < 4.78 is 35.5. The van der Waals surface area contributed by atoms with Gasteiger partial charge in [0.05, 0.1) is 10.3 Å². The summed E-state index contributed by atoms with van der Waals surface area (Å²) in [5.74, 6) is -0.372. The molecule has 25 heavy (non-hydrogen) atoms. The van der Waals surface area contributed by atoms with Crippen molar-refractivity contribution in [2.75, 3.05) is 6.54 Å². The standard InChI is InChI=1S/C18H19FN2O3S/c19-15-5-3-14(4-6-15)18(10-11-18)17(22)21-12-9-13-1-7-16(8-2-13)25(20,23)24/h1-8H,9-12H2,(H,21,22)(H2,20,23,24). The molecule has 1 aliphatic carbocycles. The SMILES string of the molecule is NS(=O)(=O)c1ccc(CCNC(=O)C2(c3ccc(F)cc3)CC2)cc1. The van der Waals surface area contributed by atoms with Gasteiger partial charge in [-0.3, -0.25) is 4.79 Å². The van der Waals surface area contributed by atoms with Crippen LogP contribution in [0, 0.1) is 5.82 Å². The molecule has 0 radical (unpaired) electrons. The Labute approximate surface area is 146 Å². The van der Waals surface area contributed by atoms with E-state index in [1.165, 1.54) is 24.3 Å². The van der Waals surface area contributed by atoms with Gasteiger partial charge in [-0.1, -0.05) is 24.3 Å². The topological polar surface area (TPSA) is 89.3 Å². The molecule has 0 atom stereocenters. The zero-order valence-electron chi connectivity index (χ0n) is 13.5. The minimum Gasteiger partial charge on any atom is -0.355 e. The van der Waals surface area contributed by atoms with Crippen molar-refractivity contribution in [1.82, 2.24) is 5.32 Å². The van der Waals surface area contributed by atoms with E-state index in [0.29, 0.717) is 13.0 Å². The van der Waals surface area contributed by atoms with E-state index < -0.39 is 15.4 Å². The number of primary sulfonamides is 1. The first-order chi connectivity index (χ1) is 11.8. The number of sulfonamides is 1. The molecule has 0 aliphatic heterocycles. The Bertz CT molecular complexity index is 874. The fourth-order valence-corrected chi connectivity index (χ4v) is 3.39. The number of benzene rings is 2. The van der Waals surface area contributed by atoms with E-state index in [0.717, 1.165) is 24.0 Å². The van der Waals surface area contributed by atoms with E-state index in [-0.39, 0.29) is 16.6 Å². The first-order valence-electron chi connectivity index (χ1n) is 7.97. The van der Waals surface area contributed by atoms with Gasteiger partial charge in [-0.25, -0.2) is 17.9 Å². The number of hydrogen-bond acceptors (Lipinski definition) is 3. The van der Waals surface area contributed by atoms with Gasteiger partial charge in [0.2, 0.25) is 15.9 Å². The van der Waals surface area contributed by atoms with Crippen LogP contribution in [0.3, 0.4) is 0 Å². The lowest BCUT2D eigenvalue weighted by atomic mass is 9.95. The Morgan fingerprint density at radius 1 is 1.08 bits per heavy atom. The molecule has 2 aromatic rings. The summed E-state index contributed by atoms with van der Waals surface area (Å²) in [6.07, 6.45) is 2.09. The monoisotopic (exact) mass is 362 g/mol. The highest BCUT2D eigenvalue weighted by Gasteiger charge is 2.50. The van der Waals surface area contributed by atoms with Crippen LogP contribution in [-0.4, -0.2) is 20.9 Å². The lowest BCUT2D eigenvalue weighted by Gasteiger charge is -2.16. The molecule has 7 heteroatoms. The van der Waals surface area contributed by atoms with E-state index in [4.69, 9.17) is 5.14 Å². The number of carbonyl (C=O) groups excluding carboxylic acids is 1. The van der Waals surface area contributed by atoms with Crippen LogP contribution in [0.25, 0.3) is 0 Å². The van der Waals surface area contributed by atoms with Gasteiger partial charge in [0, 0.05) is 6.54 Å². The highest BCUT2D eigenvalue weighted by molar-refractivity contribution is 7.89. The average Bonchev–Trinajstić information content (AvgIpc) is 3.37. The van der Waals surface area contributed by atoms with Gasteiger partial charge in [-0.2, -0.15) is 0 Å². The second kappa shape index (κ2) is 6.57. The van der Waals surface area contributed by atoms with Gasteiger partial charge in [-0.15, -0.1) is 0 Å². The lowest BCUT2D eigenvalue weighted by Crippen LogP contribution is -2.35. The smallest absolute Gasteiger partial charge is 0.238 e. The predicted octanol–water partition coefficient (Wildman–Crippen LogP) is 1.86. The van der Waals surface area contributed by atoms with Crippen LogP contribution in [0.5, 0.6) is 0 Å². The van der Waals surface area contributed by atoms with Crippen LogP contribution in [0.4, 0.5) is 4.39 Å². The molecule has 0 heterocycles. The maximum absolute atomic E-state index is 13.0. The van der Waals surface area contributed by atoms with Crippen molar-refractivity contribution >= 4 is 15.9 Å². The number of carbonyl (C=O) groups is 1. The number of amides is 1. The van der Waals surface area contributed by atoms with Crippen molar-refractivity contribution in [2.24, 2.45) is 5.14 Å². The maximum Gasteiger partial charge on any atom is 0.238 e. The molecule has 1 aliphatic rings. The molecular formula is C18H19FN2O3S. The van der Waals surface area contributed by atoms with Crippen molar-refractivity contribution < 1.29 is 17.6 Å². The van der Waals surface area contributed by atoms with Crippen molar-refractivity contribution in [3.05, 3.63) is 65.5 Å². The number of hydrogen-bond donors (Lipinski definition) is 2. The van der Waals surface area contributed by atoms with Crippen molar-refractivity contribution in [1.29, 1.82) is 0 Å². The largest absolute Gasteiger partial charge is 0.355 e. The third-order valence-corrected chi connectivity index (χ3v) is 5.46. The molecule has 0 saturated heterocycles. The average molecular weight is 362 g/mol. The summed E-state index contributed by atoms with van der Waals surface area (Å²) in [7, 11) is -3.69. The zero-order chi connectivity index (χ0) is 18.1. The van der Waals surface area contributed by atoms with Crippen LogP contribution in [-0.2, 0) is 26.7 Å². The normalized spacial score (nSPS) is 15.6. The fourth-order valence-electron chi connectivity index (χ4n) is 2.88. The number of nitrogens with two attached hydrogens (primary N) is 1. The molecule has 0 spiro atoms. The van der Waals surface area contributed by atoms with Gasteiger partial charge in [0.1, 0.15) is 5.82 Å². The summed E-state index contributed by atoms with van der Waals surface area (Å²) in [6.45, 7) is 0.441. The van der Waals surface area contributed by atoms with Gasteiger partial charge >= 0.3 is 0 Å². The fraction of sp³-hybridized carbons (Fsp3) is 0.278. The van der Waals surface area contributed by atoms with Crippen LogP contribution in [0.2, 0.25) is 0 Å². The molecule has 132 valence electrons. The number of rotatable bonds is 6. The minimum absolute atomic E-state index is 0.0553. The molecule has 2 aromatic carbocycles. The van der Waals surface area contributed by atoms with E-state index in [2.05, 4.69) is 5.32 Å². The Morgan fingerprint density at radius 2 is 1.68 bits per heavy atom. The Hall–Kier alpha value is -2.25. The molecule has 1 saturated carbocycles. The third kappa shape index (κ3) is 3.88. The minimum atomic E-state index is -3.69. The summed E-state index contributed by atoms with van der Waals surface area (Å²) >= 11 is 0. The second-order valence-corrected chi connectivity index (χ2v) is 7.85. The Kier molecular flexibility index (Phi) is 4.62. The third-order valence-electron chi connectivity index (χ3n) is 4.53. The first kappa shape index (κ1) is 17.6. The lowest BCUT2D eigenvalue weighted by molar-refractivity contribution is -0.123. The number of halogens is 1. The zero-order valence-corrected chi connectivity index (χ0v) is 14.4. The quantitative estimate of drug-likeness (QED) is 0.822. The van der Waals surface area contributed by atoms with E-state index in [9.17, 15) is 17.6 Å². The second-order valence-electron chi connectivity index (χ2n) is 6.28. The van der Waals surface area contributed by atoms with Gasteiger partial charge in [-0.05, 0) is 54.7 Å². The molecule has 1 fully saturated rings. The van der Waals surface area contributed by atoms with E-state index in [1.807, 2.05) is 0 Å².